The van der Waals surface area contributed by atoms with Crippen molar-refractivity contribution >= 4 is 32.6 Å². The summed E-state index contributed by atoms with van der Waals surface area (Å²) >= 11 is 3.16. The lowest BCUT2D eigenvalue weighted by Crippen LogP contribution is -2.45. The molecule has 1 heterocycles. The molecule has 0 bridgehead atoms. The Labute approximate surface area is 119 Å². The Bertz CT molecular complexity index is 391. The van der Waals surface area contributed by atoms with Crippen LogP contribution in [0.15, 0.2) is 5.16 Å². The van der Waals surface area contributed by atoms with Crippen LogP contribution in [0.3, 0.4) is 0 Å². The molecule has 0 spiro atoms. The molecule has 0 aromatic heterocycles. The first-order valence-corrected chi connectivity index (χ1v) is 6.57. The molecular formula is C11H17BrN2O5. The summed E-state index contributed by atoms with van der Waals surface area (Å²) in [5.41, 5.74) is -0.677. The van der Waals surface area contributed by atoms with Crippen LogP contribution < -0.4 is 5.32 Å². The lowest BCUT2D eigenvalue weighted by atomic mass is 10.1. The fourth-order valence-electron chi connectivity index (χ4n) is 1.45. The summed E-state index contributed by atoms with van der Waals surface area (Å²) in [7, 11) is 0. The molecule has 7 nitrogen and oxygen atoms in total. The highest BCUT2D eigenvalue weighted by molar-refractivity contribution is 9.18. The second-order valence-corrected chi connectivity index (χ2v) is 6.09. The van der Waals surface area contributed by atoms with E-state index in [1.54, 1.807) is 20.8 Å². The number of oxime groups is 1. The highest BCUT2D eigenvalue weighted by Gasteiger charge is 2.30. The topological polar surface area (TPSA) is 97.2 Å². The van der Waals surface area contributed by atoms with E-state index in [4.69, 9.17) is 14.7 Å². The van der Waals surface area contributed by atoms with Gasteiger partial charge in [-0.25, -0.2) is 9.59 Å². The first-order valence-electron chi connectivity index (χ1n) is 5.78. The number of nitrogens with zero attached hydrogens (tertiary/aromatic N) is 1. The normalized spacial score (nSPS) is 20.2. The summed E-state index contributed by atoms with van der Waals surface area (Å²) < 4.78 is 5.64. The number of hydrogen-bond donors (Lipinski definition) is 2. The number of rotatable bonds is 4. The highest BCUT2D eigenvalue weighted by atomic mass is 79.9. The van der Waals surface area contributed by atoms with E-state index in [-0.39, 0.29) is 12.5 Å². The fraction of sp³-hybridized carbons (Fsp3) is 0.727. The molecule has 8 heteroatoms. The van der Waals surface area contributed by atoms with Crippen molar-refractivity contribution in [3.63, 3.8) is 0 Å². The van der Waals surface area contributed by atoms with Gasteiger partial charge >= 0.3 is 12.1 Å². The molecule has 0 radical (unpaired) electrons. The maximum absolute atomic E-state index is 11.5. The molecular weight excluding hydrogens is 320 g/mol. The Morgan fingerprint density at radius 2 is 2.26 bits per heavy atom. The molecule has 2 atom stereocenters. The average molecular weight is 337 g/mol. The Morgan fingerprint density at radius 1 is 1.63 bits per heavy atom. The van der Waals surface area contributed by atoms with Gasteiger partial charge in [0, 0.05) is 12.8 Å². The van der Waals surface area contributed by atoms with E-state index in [2.05, 4.69) is 26.4 Å². The molecule has 2 unspecified atom stereocenters. The molecule has 108 valence electrons. The number of carbonyl (C=O) groups is 2. The number of ether oxygens (including phenoxy) is 1. The van der Waals surface area contributed by atoms with E-state index in [9.17, 15) is 9.59 Å². The van der Waals surface area contributed by atoms with Gasteiger partial charge in [-0.1, -0.05) is 5.16 Å². The number of carbonyl (C=O) groups excluding carboxylic acids is 1. The summed E-state index contributed by atoms with van der Waals surface area (Å²) in [6, 6.07) is -1.08. The van der Waals surface area contributed by atoms with Crippen molar-refractivity contribution in [3.8, 4) is 0 Å². The van der Waals surface area contributed by atoms with Crippen LogP contribution in [0.2, 0.25) is 0 Å². The van der Waals surface area contributed by atoms with Gasteiger partial charge in [0.15, 0.2) is 0 Å². The van der Waals surface area contributed by atoms with E-state index < -0.39 is 23.7 Å². The van der Waals surface area contributed by atoms with E-state index in [0.29, 0.717) is 11.0 Å². The van der Waals surface area contributed by atoms with Crippen LogP contribution in [0.5, 0.6) is 0 Å². The van der Waals surface area contributed by atoms with Crippen LogP contribution in [0.4, 0.5) is 4.79 Å². The lowest BCUT2D eigenvalue weighted by molar-refractivity contribution is -0.140. The Hall–Kier alpha value is -1.31. The number of aliphatic carboxylic acids is 1. The van der Waals surface area contributed by atoms with Gasteiger partial charge in [0.05, 0.1) is 0 Å². The molecule has 0 aromatic carbocycles. The predicted molar refractivity (Wildman–Crippen MR) is 71.3 cm³/mol. The first-order chi connectivity index (χ1) is 8.67. The Balaban J connectivity index is 2.50. The summed E-state index contributed by atoms with van der Waals surface area (Å²) in [6.45, 7) is 5.11. The number of halogens is 1. The van der Waals surface area contributed by atoms with Crippen LogP contribution >= 0.6 is 15.9 Å². The van der Waals surface area contributed by atoms with Crippen molar-refractivity contribution in [2.45, 2.75) is 51.4 Å². The minimum absolute atomic E-state index is 0.118. The SMILES string of the molecule is CC(C)(C)OC(=O)NC(CC1CC(Br)=NO1)C(=O)O. The zero-order valence-electron chi connectivity index (χ0n) is 11.0. The average Bonchev–Trinajstić information content (AvgIpc) is 2.60. The third kappa shape index (κ3) is 5.91. The molecule has 2 N–H and O–H groups in total. The number of hydrogen-bond acceptors (Lipinski definition) is 5. The first kappa shape index (κ1) is 15.7. The summed E-state index contributed by atoms with van der Waals surface area (Å²) in [4.78, 5) is 27.6. The highest BCUT2D eigenvalue weighted by Crippen LogP contribution is 2.19. The Kier molecular flexibility index (Phi) is 5.16. The molecule has 1 rings (SSSR count). The third-order valence-corrected chi connectivity index (χ3v) is 2.65. The molecule has 1 aliphatic rings. The number of nitrogens with one attached hydrogen (secondary N) is 1. The van der Waals surface area contributed by atoms with Gasteiger partial charge in [-0.05, 0) is 36.7 Å². The minimum atomic E-state index is -1.14. The zero-order valence-corrected chi connectivity index (χ0v) is 12.6. The molecule has 0 fully saturated rings. The van der Waals surface area contributed by atoms with Crippen LogP contribution in [-0.2, 0) is 14.4 Å². The van der Waals surface area contributed by atoms with Crippen molar-refractivity contribution in [2.24, 2.45) is 5.16 Å². The fourth-order valence-corrected chi connectivity index (χ4v) is 1.90. The molecule has 0 aromatic rings. The molecule has 0 aliphatic carbocycles. The van der Waals surface area contributed by atoms with Gasteiger partial charge in [-0.15, -0.1) is 0 Å². The standard InChI is InChI=1S/C11H17BrN2O5/c1-11(2,3)18-10(17)13-7(9(15)16)4-6-5-8(12)14-19-6/h6-7H,4-5H2,1-3H3,(H,13,17)(H,15,16). The molecule has 19 heavy (non-hydrogen) atoms. The van der Waals surface area contributed by atoms with Crippen LogP contribution in [0.1, 0.15) is 33.6 Å². The largest absolute Gasteiger partial charge is 0.480 e. The summed E-state index contributed by atoms with van der Waals surface area (Å²) in [6.07, 6.45) is -0.532. The number of carboxylic acid groups (broad SMARTS) is 1. The summed E-state index contributed by atoms with van der Waals surface area (Å²) in [5.74, 6) is -1.14. The zero-order chi connectivity index (χ0) is 14.6. The smallest absolute Gasteiger partial charge is 0.408 e. The summed E-state index contributed by atoms with van der Waals surface area (Å²) in [5, 5.41) is 15.0. The number of alkyl carbamates (subject to hydrolysis) is 1. The van der Waals surface area contributed by atoms with Crippen molar-refractivity contribution in [1.29, 1.82) is 0 Å². The second kappa shape index (κ2) is 6.23. The van der Waals surface area contributed by atoms with Gasteiger partial charge in [0.25, 0.3) is 0 Å². The molecule has 1 aliphatic heterocycles. The van der Waals surface area contributed by atoms with E-state index in [1.807, 2.05) is 0 Å². The molecule has 0 saturated heterocycles. The van der Waals surface area contributed by atoms with Crippen molar-refractivity contribution in [2.75, 3.05) is 0 Å². The maximum Gasteiger partial charge on any atom is 0.408 e. The quantitative estimate of drug-likeness (QED) is 0.816. The van der Waals surface area contributed by atoms with Gasteiger partial charge in [-0.2, -0.15) is 0 Å². The Morgan fingerprint density at radius 3 is 2.68 bits per heavy atom. The number of amides is 1. The molecule has 1 amide bonds. The molecule has 0 saturated carbocycles. The van der Waals surface area contributed by atoms with Crippen LogP contribution in [0, 0.1) is 0 Å². The minimum Gasteiger partial charge on any atom is -0.480 e. The second-order valence-electron chi connectivity index (χ2n) is 5.17. The maximum atomic E-state index is 11.5. The van der Waals surface area contributed by atoms with E-state index in [1.165, 1.54) is 0 Å². The van der Waals surface area contributed by atoms with Gasteiger partial charge in [0.2, 0.25) is 0 Å². The van der Waals surface area contributed by atoms with Gasteiger partial charge in [-0.3, -0.25) is 0 Å². The van der Waals surface area contributed by atoms with Crippen molar-refractivity contribution in [3.05, 3.63) is 0 Å². The number of carboxylic acids is 1. The lowest BCUT2D eigenvalue weighted by Gasteiger charge is -2.22. The predicted octanol–water partition coefficient (Wildman–Crippen LogP) is 1.85. The van der Waals surface area contributed by atoms with Crippen LogP contribution in [-0.4, -0.2) is 39.5 Å². The van der Waals surface area contributed by atoms with Gasteiger partial charge in [0.1, 0.15) is 22.4 Å². The monoisotopic (exact) mass is 336 g/mol. The van der Waals surface area contributed by atoms with Crippen molar-refractivity contribution < 1.29 is 24.3 Å². The van der Waals surface area contributed by atoms with Gasteiger partial charge < -0.3 is 20.0 Å². The van der Waals surface area contributed by atoms with Crippen molar-refractivity contribution in [1.82, 2.24) is 5.32 Å². The third-order valence-electron chi connectivity index (χ3n) is 2.18. The van der Waals surface area contributed by atoms with E-state index >= 15 is 0 Å². The van der Waals surface area contributed by atoms with E-state index in [0.717, 1.165) is 0 Å². The van der Waals surface area contributed by atoms with Crippen LogP contribution in [0.25, 0.3) is 0 Å².